The van der Waals surface area contributed by atoms with Gasteiger partial charge >= 0.3 is 5.97 Å². The summed E-state index contributed by atoms with van der Waals surface area (Å²) in [5.74, 6) is -0.839. The second-order valence-corrected chi connectivity index (χ2v) is 4.31. The molecule has 0 spiro atoms. The molecule has 1 heterocycles. The minimum atomic E-state index is -0.696. The van der Waals surface area contributed by atoms with Crippen molar-refractivity contribution in [3.8, 4) is 5.75 Å². The number of rotatable bonds is 4. The van der Waals surface area contributed by atoms with E-state index in [0.717, 1.165) is 0 Å². The number of para-hydroxylation sites is 1. The smallest absolute Gasteiger partial charge is 0.329 e. The summed E-state index contributed by atoms with van der Waals surface area (Å²) in [5, 5.41) is 0. The van der Waals surface area contributed by atoms with Gasteiger partial charge in [0.2, 0.25) is 0 Å². The van der Waals surface area contributed by atoms with Gasteiger partial charge in [-0.1, -0.05) is 18.2 Å². The molecule has 0 N–H and O–H groups in total. The summed E-state index contributed by atoms with van der Waals surface area (Å²) < 4.78 is 21.6. The van der Waals surface area contributed by atoms with Gasteiger partial charge in [0.05, 0.1) is 12.7 Å². The molecule has 1 aliphatic heterocycles. The number of amides is 1. The molecule has 1 aromatic rings. The van der Waals surface area contributed by atoms with Crippen molar-refractivity contribution in [3.63, 3.8) is 0 Å². The Morgan fingerprint density at radius 1 is 1.40 bits per heavy atom. The first kappa shape index (κ1) is 14.4. The van der Waals surface area contributed by atoms with Crippen LogP contribution >= 0.6 is 12.4 Å². The van der Waals surface area contributed by atoms with E-state index in [0.29, 0.717) is 6.42 Å². The quantitative estimate of drug-likeness (QED) is 0.631. The second kappa shape index (κ2) is 6.42. The molecule has 0 saturated heterocycles. The molecule has 1 aliphatic rings. The maximum atomic E-state index is 12.4. The monoisotopic (exact) mass is 297 g/mol. The van der Waals surface area contributed by atoms with Crippen molar-refractivity contribution < 1.29 is 22.4 Å². The highest BCUT2D eigenvalue weighted by Gasteiger charge is 2.33. The maximum Gasteiger partial charge on any atom is 0.329 e. The summed E-state index contributed by atoms with van der Waals surface area (Å²) in [4.78, 5) is 25.3. The van der Waals surface area contributed by atoms with Gasteiger partial charge in [0.25, 0.3) is 18.3 Å². The maximum absolute atomic E-state index is 12.4. The van der Waals surface area contributed by atoms with Crippen molar-refractivity contribution in [3.05, 3.63) is 42.1 Å². The van der Waals surface area contributed by atoms with Gasteiger partial charge < -0.3 is 13.8 Å². The van der Waals surface area contributed by atoms with Crippen LogP contribution in [0.2, 0.25) is 0 Å². The van der Waals surface area contributed by atoms with Crippen molar-refractivity contribution in [1.82, 2.24) is 4.90 Å². The number of esters is 1. The van der Waals surface area contributed by atoms with E-state index < -0.39 is 17.9 Å². The van der Waals surface area contributed by atoms with Gasteiger partial charge in [0.15, 0.2) is 5.75 Å². The SMILES string of the molecule is COC(=O)C1CC=CN1C(=O)c1ccccc1OSF. The van der Waals surface area contributed by atoms with Crippen LogP contribution in [0.25, 0.3) is 0 Å². The molecule has 0 bridgehead atoms. The number of hydrogen-bond acceptors (Lipinski definition) is 5. The van der Waals surface area contributed by atoms with Crippen molar-refractivity contribution in [1.29, 1.82) is 0 Å². The first-order valence-electron chi connectivity index (χ1n) is 5.80. The predicted octanol–water partition coefficient (Wildman–Crippen LogP) is 2.50. The number of carbonyl (C=O) groups excluding carboxylic acids is 2. The Morgan fingerprint density at radius 3 is 2.85 bits per heavy atom. The molecular weight excluding hydrogens is 285 g/mol. The van der Waals surface area contributed by atoms with E-state index in [9.17, 15) is 13.5 Å². The summed E-state index contributed by atoms with van der Waals surface area (Å²) in [5.41, 5.74) is 0.179. The van der Waals surface area contributed by atoms with E-state index in [4.69, 9.17) is 4.18 Å². The van der Waals surface area contributed by atoms with E-state index in [1.165, 1.54) is 30.3 Å². The summed E-state index contributed by atoms with van der Waals surface area (Å²) in [6.07, 6.45) is 3.61. The van der Waals surface area contributed by atoms with E-state index in [2.05, 4.69) is 4.74 Å². The zero-order valence-corrected chi connectivity index (χ0v) is 11.4. The molecule has 2 rings (SSSR count). The lowest BCUT2D eigenvalue weighted by atomic mass is 10.1. The third-order valence-electron chi connectivity index (χ3n) is 2.91. The molecule has 7 heteroatoms. The number of methoxy groups -OCH3 is 1. The molecule has 1 amide bonds. The second-order valence-electron chi connectivity index (χ2n) is 4.01. The van der Waals surface area contributed by atoms with Crippen LogP contribution in [0.5, 0.6) is 5.75 Å². The molecule has 1 atom stereocenters. The fourth-order valence-electron chi connectivity index (χ4n) is 1.96. The summed E-state index contributed by atoms with van der Waals surface area (Å²) in [6.45, 7) is 0. The van der Waals surface area contributed by atoms with Crippen LogP contribution in [0.15, 0.2) is 36.5 Å². The Labute approximate surface area is 119 Å². The van der Waals surface area contributed by atoms with Gasteiger partial charge in [0, 0.05) is 6.20 Å². The molecule has 5 nitrogen and oxygen atoms in total. The van der Waals surface area contributed by atoms with Crippen LogP contribution in [-0.4, -0.2) is 29.9 Å². The fraction of sp³-hybridized carbons (Fsp3) is 0.231. The van der Waals surface area contributed by atoms with Crippen LogP contribution in [0.4, 0.5) is 3.89 Å². The lowest BCUT2D eigenvalue weighted by Crippen LogP contribution is -2.39. The van der Waals surface area contributed by atoms with Crippen molar-refractivity contribution in [2.45, 2.75) is 12.5 Å². The molecule has 0 fully saturated rings. The highest BCUT2D eigenvalue weighted by Crippen LogP contribution is 2.27. The highest BCUT2D eigenvalue weighted by molar-refractivity contribution is 7.89. The van der Waals surface area contributed by atoms with E-state index >= 15 is 0 Å². The van der Waals surface area contributed by atoms with Crippen molar-refractivity contribution in [2.24, 2.45) is 0 Å². The van der Waals surface area contributed by atoms with Gasteiger partial charge in [-0.05, 0) is 18.6 Å². The Morgan fingerprint density at radius 2 is 2.15 bits per heavy atom. The summed E-state index contributed by atoms with van der Waals surface area (Å²) in [6, 6.07) is 5.55. The van der Waals surface area contributed by atoms with Gasteiger partial charge in [-0.15, -0.1) is 3.89 Å². The fourth-order valence-corrected chi connectivity index (χ4v) is 2.18. The number of hydrogen-bond donors (Lipinski definition) is 0. The molecule has 0 saturated carbocycles. The third kappa shape index (κ3) is 2.77. The van der Waals surface area contributed by atoms with Crippen LogP contribution < -0.4 is 4.18 Å². The first-order valence-corrected chi connectivity index (χ1v) is 6.44. The lowest BCUT2D eigenvalue weighted by molar-refractivity contribution is -0.144. The minimum absolute atomic E-state index is 0.105. The highest BCUT2D eigenvalue weighted by atomic mass is 32.2. The largest absolute Gasteiger partial charge is 0.467 e. The zero-order valence-electron chi connectivity index (χ0n) is 10.6. The standard InChI is InChI=1S/C13H12FNO4S/c1-18-13(17)10-6-4-8-15(10)12(16)9-5-2-3-7-11(9)19-20-14/h2-5,7-8,10H,6H2,1H3. The van der Waals surface area contributed by atoms with E-state index in [1.54, 1.807) is 18.2 Å². The molecule has 20 heavy (non-hydrogen) atoms. The van der Waals surface area contributed by atoms with Crippen molar-refractivity contribution >= 4 is 24.3 Å². The Bertz CT molecular complexity index is 549. The van der Waals surface area contributed by atoms with Crippen LogP contribution in [-0.2, 0) is 9.53 Å². The molecule has 0 aromatic heterocycles. The number of nitrogens with zero attached hydrogens (tertiary/aromatic N) is 1. The molecule has 0 radical (unpaired) electrons. The number of benzene rings is 1. The molecule has 1 aromatic carbocycles. The van der Waals surface area contributed by atoms with Gasteiger partial charge in [-0.25, -0.2) is 4.79 Å². The molecular formula is C13H12FNO4S. The average molecular weight is 297 g/mol. The third-order valence-corrected chi connectivity index (χ3v) is 3.15. The lowest BCUT2D eigenvalue weighted by Gasteiger charge is -2.22. The molecule has 106 valence electrons. The Kier molecular flexibility index (Phi) is 4.62. The van der Waals surface area contributed by atoms with Gasteiger partial charge in [0.1, 0.15) is 6.04 Å². The normalized spacial score (nSPS) is 17.1. The molecule has 0 aliphatic carbocycles. The first-order chi connectivity index (χ1) is 9.69. The van der Waals surface area contributed by atoms with E-state index in [-0.39, 0.29) is 23.7 Å². The predicted molar refractivity (Wildman–Crippen MR) is 71.5 cm³/mol. The van der Waals surface area contributed by atoms with Crippen LogP contribution in [0, 0.1) is 0 Å². The van der Waals surface area contributed by atoms with Gasteiger partial charge in [-0.2, -0.15) is 0 Å². The van der Waals surface area contributed by atoms with Crippen LogP contribution in [0.1, 0.15) is 16.8 Å². The van der Waals surface area contributed by atoms with Crippen LogP contribution in [0.3, 0.4) is 0 Å². The minimum Gasteiger partial charge on any atom is -0.467 e. The summed E-state index contributed by atoms with van der Waals surface area (Å²) >= 11 is -0.340. The van der Waals surface area contributed by atoms with Crippen molar-refractivity contribution in [2.75, 3.05) is 7.11 Å². The number of ether oxygens (including phenoxy) is 1. The Hall–Kier alpha value is -2.02. The Balaban J connectivity index is 2.27. The summed E-state index contributed by atoms with van der Waals surface area (Å²) in [7, 11) is 1.26. The zero-order chi connectivity index (χ0) is 14.5. The molecule has 1 unspecified atom stereocenters. The average Bonchev–Trinajstić information content (AvgIpc) is 2.96. The topological polar surface area (TPSA) is 55.8 Å². The van der Waals surface area contributed by atoms with Gasteiger partial charge in [-0.3, -0.25) is 4.79 Å². The number of halogens is 1. The number of carbonyl (C=O) groups is 2. The van der Waals surface area contributed by atoms with E-state index in [1.807, 2.05) is 0 Å².